The van der Waals surface area contributed by atoms with E-state index in [-0.39, 0.29) is 41.5 Å². The second-order valence-electron chi connectivity index (χ2n) is 9.94. The maximum Gasteiger partial charge on any atom is 0.244 e. The summed E-state index contributed by atoms with van der Waals surface area (Å²) >= 11 is 1.63. The largest absolute Gasteiger partial charge is 0.494 e. The van der Waals surface area contributed by atoms with Crippen molar-refractivity contribution in [2.45, 2.75) is 69.2 Å². The highest BCUT2D eigenvalue weighted by Crippen LogP contribution is 2.68. The number of nitrogens with one attached hydrogen (secondary N) is 2. The van der Waals surface area contributed by atoms with Crippen LogP contribution >= 0.6 is 11.8 Å². The van der Waals surface area contributed by atoms with Gasteiger partial charge in [0.25, 0.3) is 0 Å². The Morgan fingerprint density at radius 1 is 1.24 bits per heavy atom. The minimum atomic E-state index is -0.720. The van der Waals surface area contributed by atoms with Gasteiger partial charge in [0.05, 0.1) is 35.8 Å². The van der Waals surface area contributed by atoms with Crippen LogP contribution in [0.2, 0.25) is 0 Å². The molecule has 3 heterocycles. The van der Waals surface area contributed by atoms with Gasteiger partial charge in [-0.3, -0.25) is 14.4 Å². The van der Waals surface area contributed by atoms with Crippen molar-refractivity contribution in [2.75, 3.05) is 18.5 Å². The van der Waals surface area contributed by atoms with Crippen molar-refractivity contribution < 1.29 is 24.2 Å². The van der Waals surface area contributed by atoms with Crippen molar-refractivity contribution in [1.29, 1.82) is 0 Å². The molecule has 1 spiro atoms. The van der Waals surface area contributed by atoms with Gasteiger partial charge in [-0.25, -0.2) is 0 Å². The van der Waals surface area contributed by atoms with E-state index >= 15 is 0 Å². The number of aliphatic hydroxyl groups is 1. The van der Waals surface area contributed by atoms with Crippen LogP contribution in [0.5, 0.6) is 5.75 Å². The third kappa shape index (κ3) is 3.86. The van der Waals surface area contributed by atoms with E-state index in [1.54, 1.807) is 47.9 Å². The summed E-state index contributed by atoms with van der Waals surface area (Å²) in [5.74, 6) is -0.948. The molecule has 3 aliphatic heterocycles. The predicted octanol–water partition coefficient (Wildman–Crippen LogP) is 2.27. The van der Waals surface area contributed by atoms with E-state index in [2.05, 4.69) is 17.6 Å². The molecule has 2 bridgehead atoms. The van der Waals surface area contributed by atoms with Gasteiger partial charge in [0, 0.05) is 17.0 Å². The first kappa shape index (κ1) is 24.9. The Balaban J connectivity index is 1.66. The van der Waals surface area contributed by atoms with Crippen molar-refractivity contribution in [3.8, 4) is 5.75 Å². The zero-order valence-corrected chi connectivity index (χ0v) is 21.2. The Bertz CT molecular complexity index is 954. The summed E-state index contributed by atoms with van der Waals surface area (Å²) in [6.07, 6.45) is 0.766. The number of ether oxygens (including phenoxy) is 1. The third-order valence-electron chi connectivity index (χ3n) is 7.34. The summed E-state index contributed by atoms with van der Waals surface area (Å²) in [7, 11) is 0. The summed E-state index contributed by atoms with van der Waals surface area (Å²) in [4.78, 5) is 42.3. The number of likely N-dealkylation sites (tertiary alicyclic amines) is 1. The lowest BCUT2D eigenvalue weighted by Gasteiger charge is -2.39. The monoisotopic (exact) mass is 489 g/mol. The Hall–Kier alpha value is -2.26. The molecule has 0 aromatic heterocycles. The van der Waals surface area contributed by atoms with Gasteiger partial charge in [-0.15, -0.1) is 11.8 Å². The van der Waals surface area contributed by atoms with Crippen LogP contribution in [0.3, 0.4) is 0 Å². The number of nitrogens with zero attached hydrogens (tertiary/aromatic N) is 1. The van der Waals surface area contributed by atoms with E-state index in [4.69, 9.17) is 4.74 Å². The molecule has 3 unspecified atom stereocenters. The van der Waals surface area contributed by atoms with Crippen LogP contribution < -0.4 is 15.4 Å². The molecule has 8 nitrogen and oxygen atoms in total. The zero-order chi connectivity index (χ0) is 24.8. The number of hydrogen-bond acceptors (Lipinski definition) is 6. The number of carbonyl (C=O) groups is 3. The average molecular weight is 490 g/mol. The number of aliphatic hydroxyl groups excluding tert-OH is 1. The summed E-state index contributed by atoms with van der Waals surface area (Å²) in [6.45, 7) is 9.83. The Morgan fingerprint density at radius 2 is 1.91 bits per heavy atom. The van der Waals surface area contributed by atoms with Crippen LogP contribution in [-0.4, -0.2) is 69.1 Å². The Labute approximate surface area is 205 Å². The molecule has 3 aliphatic rings. The molecule has 3 fully saturated rings. The van der Waals surface area contributed by atoms with Gasteiger partial charge in [0.1, 0.15) is 11.8 Å². The first-order chi connectivity index (χ1) is 16.1. The fraction of sp³-hybridized carbons (Fsp3) is 0.640. The van der Waals surface area contributed by atoms with Crippen LogP contribution in [0, 0.1) is 17.8 Å². The molecular weight excluding hydrogens is 454 g/mol. The van der Waals surface area contributed by atoms with Crippen LogP contribution in [0.25, 0.3) is 0 Å². The number of hydrogen-bond donors (Lipinski definition) is 3. The summed E-state index contributed by atoms with van der Waals surface area (Å²) in [6, 6.07) is 5.86. The highest BCUT2D eigenvalue weighted by Gasteiger charge is 2.76. The molecule has 0 saturated carbocycles. The molecule has 186 valence electrons. The molecular formula is C25H35N3O5S. The number of anilines is 1. The standard InChI is InChI=1S/C25H35N3O5S/c1-6-33-17-9-7-16(8-10-17)27-22(30)19-18-11-14(4)25(34-18)20(19)24(32)28(15(5)12-29)21(25)23(31)26-13(2)3/h7-10,13-15,18-21,29H,6,11-12H2,1-5H3,(H,26,31)(H,27,30)/t14?,15-,18+,19-,20+,21?,25?/m1/s1. The summed E-state index contributed by atoms with van der Waals surface area (Å²) in [5.41, 5.74) is 0.642. The lowest BCUT2D eigenvalue weighted by atomic mass is 9.66. The zero-order valence-electron chi connectivity index (χ0n) is 20.4. The minimum absolute atomic E-state index is 0.0346. The lowest BCUT2D eigenvalue weighted by Crippen LogP contribution is -2.58. The van der Waals surface area contributed by atoms with E-state index in [0.29, 0.717) is 12.3 Å². The Morgan fingerprint density at radius 3 is 2.50 bits per heavy atom. The van der Waals surface area contributed by atoms with Crippen molar-refractivity contribution in [2.24, 2.45) is 17.8 Å². The van der Waals surface area contributed by atoms with E-state index in [1.165, 1.54) is 0 Å². The van der Waals surface area contributed by atoms with Gasteiger partial charge in [0.2, 0.25) is 17.7 Å². The fourth-order valence-corrected chi connectivity index (χ4v) is 8.42. The molecule has 34 heavy (non-hydrogen) atoms. The number of rotatable bonds is 8. The topological polar surface area (TPSA) is 108 Å². The number of carbonyl (C=O) groups excluding carboxylic acids is 3. The average Bonchev–Trinajstić information content (AvgIpc) is 3.38. The lowest BCUT2D eigenvalue weighted by molar-refractivity contribution is -0.141. The van der Waals surface area contributed by atoms with Crippen LogP contribution in [0.15, 0.2) is 24.3 Å². The van der Waals surface area contributed by atoms with E-state index in [0.717, 1.165) is 12.2 Å². The van der Waals surface area contributed by atoms with Crippen molar-refractivity contribution in [1.82, 2.24) is 10.2 Å². The normalized spacial score (nSPS) is 32.6. The van der Waals surface area contributed by atoms with Gasteiger partial charge >= 0.3 is 0 Å². The van der Waals surface area contributed by atoms with E-state index in [1.807, 2.05) is 20.8 Å². The molecule has 3 amide bonds. The molecule has 0 radical (unpaired) electrons. The molecule has 7 atom stereocenters. The van der Waals surface area contributed by atoms with Gasteiger partial charge in [-0.05, 0) is 64.3 Å². The second kappa shape index (κ2) is 9.41. The van der Waals surface area contributed by atoms with Crippen molar-refractivity contribution in [3.05, 3.63) is 24.3 Å². The van der Waals surface area contributed by atoms with Crippen LogP contribution in [0.4, 0.5) is 5.69 Å². The highest BCUT2D eigenvalue weighted by atomic mass is 32.2. The minimum Gasteiger partial charge on any atom is -0.494 e. The van der Waals surface area contributed by atoms with Crippen molar-refractivity contribution in [3.63, 3.8) is 0 Å². The first-order valence-electron chi connectivity index (χ1n) is 12.1. The van der Waals surface area contributed by atoms with Gasteiger partial charge in [-0.1, -0.05) is 6.92 Å². The van der Waals surface area contributed by atoms with Crippen molar-refractivity contribution >= 4 is 35.2 Å². The predicted molar refractivity (Wildman–Crippen MR) is 132 cm³/mol. The number of amides is 3. The van der Waals surface area contributed by atoms with Gasteiger partial charge in [0.15, 0.2) is 0 Å². The molecule has 9 heteroatoms. The van der Waals surface area contributed by atoms with Crippen LogP contribution in [0.1, 0.15) is 41.0 Å². The van der Waals surface area contributed by atoms with Crippen LogP contribution in [-0.2, 0) is 14.4 Å². The molecule has 1 aromatic rings. The third-order valence-corrected chi connectivity index (χ3v) is 9.41. The highest BCUT2D eigenvalue weighted by molar-refractivity contribution is 8.02. The fourth-order valence-electron chi connectivity index (χ4n) is 6.01. The smallest absolute Gasteiger partial charge is 0.244 e. The maximum atomic E-state index is 13.8. The Kier molecular flexibility index (Phi) is 6.88. The van der Waals surface area contributed by atoms with Gasteiger partial charge < -0.3 is 25.4 Å². The maximum absolute atomic E-state index is 13.8. The van der Waals surface area contributed by atoms with E-state index in [9.17, 15) is 19.5 Å². The van der Waals surface area contributed by atoms with Gasteiger partial charge in [-0.2, -0.15) is 0 Å². The molecule has 0 aliphatic carbocycles. The quantitative estimate of drug-likeness (QED) is 0.517. The second-order valence-corrected chi connectivity index (χ2v) is 11.5. The molecule has 4 rings (SSSR count). The van der Waals surface area contributed by atoms with E-state index < -0.39 is 28.7 Å². The number of thioether (sulfide) groups is 1. The first-order valence-corrected chi connectivity index (χ1v) is 13.0. The summed E-state index contributed by atoms with van der Waals surface area (Å²) < 4.78 is 4.78. The molecule has 3 saturated heterocycles. The number of benzene rings is 1. The molecule has 1 aromatic carbocycles. The number of fused-ring (bicyclic) bond motifs is 1. The SMILES string of the molecule is CCOc1ccc(NC(=O)[C@@H]2[C@@H]3CC(C)C4(S3)C(C(=O)NC(C)C)N([C@H](C)CO)C(=O)[C@H]24)cc1. The molecule has 3 N–H and O–H groups in total. The summed E-state index contributed by atoms with van der Waals surface area (Å²) in [5, 5.41) is 15.8.